The second-order valence-electron chi connectivity index (χ2n) is 5.44. The lowest BCUT2D eigenvalue weighted by Crippen LogP contribution is -2.36. The first-order valence-electron chi connectivity index (χ1n) is 7.71. The number of hydrogen-bond acceptors (Lipinski definition) is 4. The van der Waals surface area contributed by atoms with E-state index < -0.39 is 0 Å². The smallest absolute Gasteiger partial charge is 0.275 e. The van der Waals surface area contributed by atoms with E-state index in [9.17, 15) is 9.59 Å². The molecule has 2 heterocycles. The van der Waals surface area contributed by atoms with Crippen LogP contribution in [0.25, 0.3) is 0 Å². The fourth-order valence-electron chi connectivity index (χ4n) is 2.65. The fraction of sp³-hybridized carbons (Fsp3) is 0.294. The van der Waals surface area contributed by atoms with Gasteiger partial charge in [0.25, 0.3) is 11.8 Å². The SMILES string of the molecule is O=C(Nc1ccccc1C(=O)N1CCCCC1)c1cnccn1. The molecule has 118 valence electrons. The number of anilines is 1. The van der Waals surface area contributed by atoms with Crippen LogP contribution in [0.5, 0.6) is 0 Å². The molecule has 0 saturated carbocycles. The first-order chi connectivity index (χ1) is 11.3. The maximum absolute atomic E-state index is 12.7. The Kier molecular flexibility index (Phi) is 4.61. The van der Waals surface area contributed by atoms with Crippen LogP contribution in [0.1, 0.15) is 40.1 Å². The van der Waals surface area contributed by atoms with Gasteiger partial charge >= 0.3 is 0 Å². The van der Waals surface area contributed by atoms with Crippen LogP contribution >= 0.6 is 0 Å². The second kappa shape index (κ2) is 7.00. The topological polar surface area (TPSA) is 75.2 Å². The van der Waals surface area contributed by atoms with E-state index in [-0.39, 0.29) is 17.5 Å². The molecule has 0 atom stereocenters. The molecule has 3 rings (SSSR count). The van der Waals surface area contributed by atoms with Crippen LogP contribution in [0.2, 0.25) is 0 Å². The molecule has 0 unspecified atom stereocenters. The Hall–Kier alpha value is -2.76. The third kappa shape index (κ3) is 3.53. The highest BCUT2D eigenvalue weighted by molar-refractivity contribution is 6.08. The van der Waals surface area contributed by atoms with E-state index in [1.807, 2.05) is 4.90 Å². The fourth-order valence-corrected chi connectivity index (χ4v) is 2.65. The summed E-state index contributed by atoms with van der Waals surface area (Å²) in [6, 6.07) is 7.06. The van der Waals surface area contributed by atoms with Gasteiger partial charge in [0.15, 0.2) is 0 Å². The number of hydrogen-bond donors (Lipinski definition) is 1. The number of carbonyl (C=O) groups is 2. The molecule has 2 aromatic rings. The molecule has 0 aliphatic carbocycles. The summed E-state index contributed by atoms with van der Waals surface area (Å²) in [5.74, 6) is -0.420. The van der Waals surface area contributed by atoms with Gasteiger partial charge in [-0.2, -0.15) is 0 Å². The average Bonchev–Trinajstić information content (AvgIpc) is 2.63. The summed E-state index contributed by atoms with van der Waals surface area (Å²) in [7, 11) is 0. The highest BCUT2D eigenvalue weighted by Crippen LogP contribution is 2.20. The van der Waals surface area contributed by atoms with Crippen molar-refractivity contribution in [3.05, 3.63) is 54.1 Å². The van der Waals surface area contributed by atoms with Crippen molar-refractivity contribution in [2.75, 3.05) is 18.4 Å². The zero-order valence-corrected chi connectivity index (χ0v) is 12.7. The van der Waals surface area contributed by atoms with Crippen LogP contribution in [0.15, 0.2) is 42.9 Å². The van der Waals surface area contributed by atoms with Crippen molar-refractivity contribution in [3.63, 3.8) is 0 Å². The largest absolute Gasteiger partial charge is 0.339 e. The maximum atomic E-state index is 12.7. The molecule has 1 N–H and O–H groups in total. The highest BCUT2D eigenvalue weighted by atomic mass is 16.2. The van der Waals surface area contributed by atoms with Crippen LogP contribution < -0.4 is 5.32 Å². The molecule has 1 aliphatic rings. The zero-order valence-electron chi connectivity index (χ0n) is 12.7. The zero-order chi connectivity index (χ0) is 16.1. The van der Waals surface area contributed by atoms with Gasteiger partial charge in [-0.15, -0.1) is 0 Å². The van der Waals surface area contributed by atoms with Gasteiger partial charge in [0.2, 0.25) is 0 Å². The van der Waals surface area contributed by atoms with Crippen molar-refractivity contribution >= 4 is 17.5 Å². The van der Waals surface area contributed by atoms with Crippen LogP contribution in [-0.2, 0) is 0 Å². The van der Waals surface area contributed by atoms with Crippen molar-refractivity contribution in [2.24, 2.45) is 0 Å². The predicted molar refractivity (Wildman–Crippen MR) is 86.2 cm³/mol. The Labute approximate surface area is 134 Å². The minimum Gasteiger partial charge on any atom is -0.339 e. The molecule has 1 saturated heterocycles. The number of nitrogens with zero attached hydrogens (tertiary/aromatic N) is 3. The Morgan fingerprint density at radius 2 is 1.83 bits per heavy atom. The van der Waals surface area contributed by atoms with Gasteiger partial charge in [0.05, 0.1) is 17.4 Å². The van der Waals surface area contributed by atoms with Gasteiger partial charge in [-0.1, -0.05) is 12.1 Å². The van der Waals surface area contributed by atoms with Gasteiger partial charge < -0.3 is 10.2 Å². The summed E-state index contributed by atoms with van der Waals surface area (Å²) in [6.07, 6.45) is 7.57. The number of rotatable bonds is 3. The average molecular weight is 310 g/mol. The third-order valence-corrected chi connectivity index (χ3v) is 3.84. The number of aromatic nitrogens is 2. The molecule has 0 radical (unpaired) electrons. The number of piperidine rings is 1. The minimum absolute atomic E-state index is 0.0419. The van der Waals surface area contributed by atoms with Crippen molar-refractivity contribution < 1.29 is 9.59 Å². The van der Waals surface area contributed by atoms with E-state index in [4.69, 9.17) is 0 Å². The van der Waals surface area contributed by atoms with Gasteiger partial charge in [-0.25, -0.2) is 4.98 Å². The molecule has 6 nitrogen and oxygen atoms in total. The third-order valence-electron chi connectivity index (χ3n) is 3.84. The van der Waals surface area contributed by atoms with E-state index in [0.29, 0.717) is 11.3 Å². The number of amides is 2. The molecular formula is C17H18N4O2. The number of carbonyl (C=O) groups excluding carboxylic acids is 2. The summed E-state index contributed by atoms with van der Waals surface area (Å²) in [4.78, 5) is 34.6. The Bertz CT molecular complexity index is 697. The van der Waals surface area contributed by atoms with E-state index in [1.54, 1.807) is 24.3 Å². The Morgan fingerprint density at radius 1 is 1.04 bits per heavy atom. The van der Waals surface area contributed by atoms with Crippen molar-refractivity contribution in [2.45, 2.75) is 19.3 Å². The summed E-state index contributed by atoms with van der Waals surface area (Å²) >= 11 is 0. The molecule has 6 heteroatoms. The van der Waals surface area contributed by atoms with E-state index >= 15 is 0 Å². The first kappa shape index (κ1) is 15.1. The molecule has 2 amide bonds. The summed E-state index contributed by atoms with van der Waals surface area (Å²) in [5, 5.41) is 2.76. The molecule has 1 aromatic heterocycles. The van der Waals surface area contributed by atoms with Gasteiger partial charge in [0, 0.05) is 25.5 Å². The van der Waals surface area contributed by atoms with E-state index in [0.717, 1.165) is 32.4 Å². The van der Waals surface area contributed by atoms with Crippen LogP contribution in [0, 0.1) is 0 Å². The molecule has 1 fully saturated rings. The number of likely N-dealkylation sites (tertiary alicyclic amines) is 1. The first-order valence-corrected chi connectivity index (χ1v) is 7.71. The van der Waals surface area contributed by atoms with Crippen molar-refractivity contribution in [3.8, 4) is 0 Å². The van der Waals surface area contributed by atoms with Crippen molar-refractivity contribution in [1.82, 2.24) is 14.9 Å². The van der Waals surface area contributed by atoms with E-state index in [2.05, 4.69) is 15.3 Å². The predicted octanol–water partition coefficient (Wildman–Crippen LogP) is 2.36. The molecular weight excluding hydrogens is 292 g/mol. The quantitative estimate of drug-likeness (QED) is 0.944. The minimum atomic E-state index is -0.378. The van der Waals surface area contributed by atoms with Gasteiger partial charge in [-0.3, -0.25) is 14.6 Å². The number of benzene rings is 1. The number of nitrogens with one attached hydrogen (secondary N) is 1. The van der Waals surface area contributed by atoms with Crippen LogP contribution in [-0.4, -0.2) is 39.8 Å². The lowest BCUT2D eigenvalue weighted by atomic mass is 10.1. The normalized spacial score (nSPS) is 14.3. The Morgan fingerprint density at radius 3 is 2.57 bits per heavy atom. The molecule has 1 aliphatic heterocycles. The summed E-state index contributed by atoms with van der Waals surface area (Å²) < 4.78 is 0. The summed E-state index contributed by atoms with van der Waals surface area (Å²) in [5.41, 5.74) is 1.22. The summed E-state index contributed by atoms with van der Waals surface area (Å²) in [6.45, 7) is 1.54. The lowest BCUT2D eigenvalue weighted by molar-refractivity contribution is 0.0725. The standard InChI is InChI=1S/C17H18N4O2/c22-16(15-12-18-8-9-19-15)20-14-7-3-2-6-13(14)17(23)21-10-4-1-5-11-21/h2-3,6-9,12H,1,4-5,10-11H2,(H,20,22). The van der Waals surface area contributed by atoms with Crippen LogP contribution in [0.4, 0.5) is 5.69 Å². The second-order valence-corrected chi connectivity index (χ2v) is 5.44. The van der Waals surface area contributed by atoms with Gasteiger partial charge in [-0.05, 0) is 31.4 Å². The maximum Gasteiger partial charge on any atom is 0.275 e. The van der Waals surface area contributed by atoms with Crippen molar-refractivity contribution in [1.29, 1.82) is 0 Å². The monoisotopic (exact) mass is 310 g/mol. The molecule has 1 aromatic carbocycles. The van der Waals surface area contributed by atoms with Gasteiger partial charge in [0.1, 0.15) is 5.69 Å². The number of para-hydroxylation sites is 1. The van der Waals surface area contributed by atoms with E-state index in [1.165, 1.54) is 18.6 Å². The lowest BCUT2D eigenvalue weighted by Gasteiger charge is -2.27. The van der Waals surface area contributed by atoms with Crippen LogP contribution in [0.3, 0.4) is 0 Å². The highest BCUT2D eigenvalue weighted by Gasteiger charge is 2.21. The molecule has 0 bridgehead atoms. The molecule has 0 spiro atoms. The molecule has 23 heavy (non-hydrogen) atoms. The Balaban J connectivity index is 1.80.